The standard InChI is InChI=1S/C7H12O2S2/c1-3-4-5-10-6-7-11(2,8)9/h5-7H2,1-2H3. The minimum atomic E-state index is -2.78. The van der Waals surface area contributed by atoms with Crippen LogP contribution in [0.4, 0.5) is 0 Å². The van der Waals surface area contributed by atoms with E-state index in [4.69, 9.17) is 0 Å². The molecule has 64 valence electrons. The molecule has 11 heavy (non-hydrogen) atoms. The van der Waals surface area contributed by atoms with E-state index in [9.17, 15) is 8.42 Å². The van der Waals surface area contributed by atoms with Crippen LogP contribution in [0.3, 0.4) is 0 Å². The van der Waals surface area contributed by atoms with Crippen LogP contribution < -0.4 is 0 Å². The Bertz CT molecular complexity index is 243. The van der Waals surface area contributed by atoms with E-state index in [1.165, 1.54) is 6.26 Å². The minimum Gasteiger partial charge on any atom is -0.229 e. The second-order valence-corrected chi connectivity index (χ2v) is 5.47. The van der Waals surface area contributed by atoms with Gasteiger partial charge in [-0.05, 0) is 6.92 Å². The van der Waals surface area contributed by atoms with Crippen LogP contribution in [0.15, 0.2) is 0 Å². The van der Waals surface area contributed by atoms with Gasteiger partial charge in [-0.1, -0.05) is 5.92 Å². The van der Waals surface area contributed by atoms with Crippen LogP contribution in [0.1, 0.15) is 6.92 Å². The molecule has 0 amide bonds. The van der Waals surface area contributed by atoms with Gasteiger partial charge >= 0.3 is 0 Å². The lowest BCUT2D eigenvalue weighted by atomic mass is 10.7. The fourth-order valence-electron chi connectivity index (χ4n) is 0.406. The molecule has 0 unspecified atom stereocenters. The van der Waals surface area contributed by atoms with Crippen LogP contribution >= 0.6 is 11.8 Å². The SMILES string of the molecule is CC#CCSCCS(C)(=O)=O. The van der Waals surface area contributed by atoms with Crippen molar-refractivity contribution in [1.29, 1.82) is 0 Å². The second-order valence-electron chi connectivity index (χ2n) is 2.11. The lowest BCUT2D eigenvalue weighted by Gasteiger charge is -1.94. The summed E-state index contributed by atoms with van der Waals surface area (Å²) >= 11 is 1.55. The van der Waals surface area contributed by atoms with Crippen molar-refractivity contribution in [2.75, 3.05) is 23.5 Å². The van der Waals surface area contributed by atoms with Crippen LogP contribution in [0.2, 0.25) is 0 Å². The number of hydrogen-bond donors (Lipinski definition) is 0. The summed E-state index contributed by atoms with van der Waals surface area (Å²) in [5.74, 6) is 7.23. The van der Waals surface area contributed by atoms with Gasteiger partial charge in [0.1, 0.15) is 9.84 Å². The number of sulfone groups is 1. The lowest BCUT2D eigenvalue weighted by Crippen LogP contribution is -2.05. The molecule has 4 heteroatoms. The van der Waals surface area contributed by atoms with Crippen molar-refractivity contribution >= 4 is 21.6 Å². The zero-order chi connectivity index (χ0) is 8.74. The molecule has 0 aliphatic rings. The van der Waals surface area contributed by atoms with Gasteiger partial charge in [-0.3, -0.25) is 0 Å². The van der Waals surface area contributed by atoms with Gasteiger partial charge in [0.2, 0.25) is 0 Å². The molecule has 0 heterocycles. The van der Waals surface area contributed by atoms with E-state index >= 15 is 0 Å². The van der Waals surface area contributed by atoms with Crippen LogP contribution in [-0.2, 0) is 9.84 Å². The Hall–Kier alpha value is -0.140. The first-order chi connectivity index (χ1) is 5.06. The number of thioether (sulfide) groups is 1. The Kier molecular flexibility index (Phi) is 5.43. The summed E-state index contributed by atoms with van der Waals surface area (Å²) in [6.07, 6.45) is 1.25. The van der Waals surface area contributed by atoms with Gasteiger partial charge in [0.25, 0.3) is 0 Å². The highest BCUT2D eigenvalue weighted by Gasteiger charge is 1.99. The van der Waals surface area contributed by atoms with Crippen LogP contribution in [0.25, 0.3) is 0 Å². The van der Waals surface area contributed by atoms with E-state index in [2.05, 4.69) is 11.8 Å². The third-order valence-electron chi connectivity index (χ3n) is 0.949. The Balaban J connectivity index is 3.34. The Labute approximate surface area is 72.7 Å². The molecule has 0 fully saturated rings. The lowest BCUT2D eigenvalue weighted by molar-refractivity contribution is 0.603. The van der Waals surface area contributed by atoms with Crippen molar-refractivity contribution in [3.63, 3.8) is 0 Å². The maximum absolute atomic E-state index is 10.6. The van der Waals surface area contributed by atoms with Crippen molar-refractivity contribution in [2.45, 2.75) is 6.92 Å². The zero-order valence-corrected chi connectivity index (χ0v) is 8.39. The molecule has 0 aromatic heterocycles. The van der Waals surface area contributed by atoms with Gasteiger partial charge in [0, 0.05) is 12.0 Å². The van der Waals surface area contributed by atoms with Gasteiger partial charge in [-0.2, -0.15) is 0 Å². The van der Waals surface area contributed by atoms with Crippen LogP contribution in [0.5, 0.6) is 0 Å². The van der Waals surface area contributed by atoms with Crippen molar-refractivity contribution in [1.82, 2.24) is 0 Å². The molecule has 2 nitrogen and oxygen atoms in total. The fourth-order valence-corrected chi connectivity index (χ4v) is 2.48. The van der Waals surface area contributed by atoms with Crippen molar-refractivity contribution < 1.29 is 8.42 Å². The van der Waals surface area contributed by atoms with Gasteiger partial charge in [-0.15, -0.1) is 17.7 Å². The molecule has 0 radical (unpaired) electrons. The summed E-state index contributed by atoms with van der Waals surface area (Å²) in [5, 5.41) is 0. The average molecular weight is 192 g/mol. The topological polar surface area (TPSA) is 34.1 Å². The number of hydrogen-bond acceptors (Lipinski definition) is 3. The highest BCUT2D eigenvalue weighted by atomic mass is 32.2. The van der Waals surface area contributed by atoms with Crippen LogP contribution in [-0.4, -0.2) is 31.9 Å². The average Bonchev–Trinajstić information content (AvgIpc) is 1.85. The Morgan fingerprint density at radius 2 is 2.09 bits per heavy atom. The molecule has 0 bridgehead atoms. The van der Waals surface area contributed by atoms with Gasteiger partial charge in [0.15, 0.2) is 0 Å². The van der Waals surface area contributed by atoms with Crippen LogP contribution in [0, 0.1) is 11.8 Å². The van der Waals surface area contributed by atoms with E-state index < -0.39 is 9.84 Å². The quantitative estimate of drug-likeness (QED) is 0.488. The normalized spacial score (nSPS) is 10.4. The summed E-state index contributed by atoms with van der Waals surface area (Å²) in [6, 6.07) is 0. The molecule has 0 N–H and O–H groups in total. The smallest absolute Gasteiger partial charge is 0.148 e. The van der Waals surface area contributed by atoms with Crippen molar-refractivity contribution in [3.05, 3.63) is 0 Å². The van der Waals surface area contributed by atoms with Gasteiger partial charge in [0.05, 0.1) is 11.5 Å². The fraction of sp³-hybridized carbons (Fsp3) is 0.714. The third-order valence-corrected chi connectivity index (χ3v) is 2.99. The maximum atomic E-state index is 10.6. The minimum absolute atomic E-state index is 0.253. The molecule has 0 aromatic carbocycles. The van der Waals surface area contributed by atoms with Gasteiger partial charge < -0.3 is 0 Å². The maximum Gasteiger partial charge on any atom is 0.148 e. The molecule has 0 atom stereocenters. The molecule has 0 spiro atoms. The highest BCUT2D eigenvalue weighted by molar-refractivity contribution is 8.00. The third kappa shape index (κ3) is 9.86. The van der Waals surface area contributed by atoms with Crippen molar-refractivity contribution in [2.24, 2.45) is 0 Å². The first kappa shape index (κ1) is 10.9. The molecule has 0 aromatic rings. The molecule has 0 rings (SSSR count). The summed E-state index contributed by atoms with van der Waals surface area (Å²) in [5.41, 5.74) is 0. The first-order valence-corrected chi connectivity index (χ1v) is 6.43. The highest BCUT2D eigenvalue weighted by Crippen LogP contribution is 1.99. The van der Waals surface area contributed by atoms with E-state index in [-0.39, 0.29) is 5.75 Å². The van der Waals surface area contributed by atoms with E-state index in [1.807, 2.05) is 0 Å². The molecule has 0 aliphatic heterocycles. The Morgan fingerprint density at radius 3 is 2.55 bits per heavy atom. The molecular weight excluding hydrogens is 180 g/mol. The summed E-state index contributed by atoms with van der Waals surface area (Å²) in [6.45, 7) is 1.77. The molecular formula is C7H12O2S2. The predicted octanol–water partition coefficient (Wildman–Crippen LogP) is 0.788. The second kappa shape index (κ2) is 5.50. The first-order valence-electron chi connectivity index (χ1n) is 3.21. The Morgan fingerprint density at radius 1 is 1.45 bits per heavy atom. The summed E-state index contributed by atoms with van der Waals surface area (Å²) in [4.78, 5) is 0. The molecule has 0 saturated carbocycles. The van der Waals surface area contributed by atoms with E-state index in [0.29, 0.717) is 5.75 Å². The zero-order valence-electron chi connectivity index (χ0n) is 6.75. The molecule has 0 saturated heterocycles. The van der Waals surface area contributed by atoms with Crippen molar-refractivity contribution in [3.8, 4) is 11.8 Å². The predicted molar refractivity (Wildman–Crippen MR) is 50.5 cm³/mol. The molecule has 0 aliphatic carbocycles. The van der Waals surface area contributed by atoms with E-state index in [1.54, 1.807) is 18.7 Å². The van der Waals surface area contributed by atoms with E-state index in [0.717, 1.165) is 5.75 Å². The number of rotatable bonds is 4. The monoisotopic (exact) mass is 192 g/mol. The summed E-state index contributed by atoms with van der Waals surface area (Å²) in [7, 11) is -2.78. The summed E-state index contributed by atoms with van der Waals surface area (Å²) < 4.78 is 21.2. The largest absolute Gasteiger partial charge is 0.229 e. The van der Waals surface area contributed by atoms with Gasteiger partial charge in [-0.25, -0.2) is 8.42 Å².